The van der Waals surface area contributed by atoms with Crippen molar-refractivity contribution < 1.29 is 23.5 Å². The summed E-state index contributed by atoms with van der Waals surface area (Å²) in [6.07, 6.45) is 2.61. The molecule has 1 aliphatic heterocycles. The van der Waals surface area contributed by atoms with Crippen LogP contribution in [0, 0.1) is 0 Å². The number of rotatable bonds is 5. The molecule has 3 rings (SSSR count). The van der Waals surface area contributed by atoms with E-state index in [1.165, 1.54) is 12.3 Å². The minimum atomic E-state index is -0.387. The van der Waals surface area contributed by atoms with Crippen LogP contribution in [0.1, 0.15) is 23.0 Å². The van der Waals surface area contributed by atoms with Gasteiger partial charge in [-0.2, -0.15) is 0 Å². The summed E-state index contributed by atoms with van der Waals surface area (Å²) in [6, 6.07) is 12.0. The van der Waals surface area contributed by atoms with Crippen molar-refractivity contribution in [1.29, 1.82) is 0 Å². The normalized spacial score (nSPS) is 14.4. The van der Waals surface area contributed by atoms with Crippen molar-refractivity contribution in [2.24, 2.45) is 0 Å². The molecule has 152 valence electrons. The number of amides is 3. The molecule has 1 aromatic heterocycles. The van der Waals surface area contributed by atoms with E-state index < -0.39 is 0 Å². The molecule has 0 aliphatic carbocycles. The molecular formula is C21H23N3O5. The van der Waals surface area contributed by atoms with E-state index in [2.05, 4.69) is 5.32 Å². The molecular weight excluding hydrogens is 374 g/mol. The van der Waals surface area contributed by atoms with Crippen molar-refractivity contribution in [1.82, 2.24) is 15.1 Å². The van der Waals surface area contributed by atoms with E-state index >= 15 is 0 Å². The number of hydrogen-bond donors (Lipinski definition) is 1. The molecule has 1 N–H and O–H groups in total. The molecule has 0 unspecified atom stereocenters. The van der Waals surface area contributed by atoms with Gasteiger partial charge in [0.1, 0.15) is 11.5 Å². The van der Waals surface area contributed by atoms with Gasteiger partial charge in [-0.3, -0.25) is 9.59 Å². The maximum Gasteiger partial charge on any atom is 0.409 e. The van der Waals surface area contributed by atoms with Gasteiger partial charge in [0.15, 0.2) is 0 Å². The number of carbonyl (C=O) groups excluding carboxylic acids is 3. The van der Waals surface area contributed by atoms with E-state index in [-0.39, 0.29) is 23.6 Å². The third-order valence-corrected chi connectivity index (χ3v) is 4.44. The van der Waals surface area contributed by atoms with Crippen molar-refractivity contribution in [2.75, 3.05) is 32.8 Å². The quantitative estimate of drug-likeness (QED) is 0.782. The van der Waals surface area contributed by atoms with E-state index in [0.717, 1.165) is 0 Å². The molecule has 0 saturated carbocycles. The highest BCUT2D eigenvalue weighted by Crippen LogP contribution is 2.12. The van der Waals surface area contributed by atoms with Crippen LogP contribution in [0.2, 0.25) is 0 Å². The Hall–Kier alpha value is -3.55. The monoisotopic (exact) mass is 397 g/mol. The Labute approximate surface area is 168 Å². The number of ether oxygens (including phenoxy) is 1. The van der Waals surface area contributed by atoms with Gasteiger partial charge >= 0.3 is 6.09 Å². The lowest BCUT2D eigenvalue weighted by molar-refractivity contribution is -0.128. The fourth-order valence-electron chi connectivity index (χ4n) is 2.93. The average molecular weight is 397 g/mol. The number of benzene rings is 1. The third-order valence-electron chi connectivity index (χ3n) is 4.44. The van der Waals surface area contributed by atoms with Crippen molar-refractivity contribution >= 4 is 24.0 Å². The Kier molecular flexibility index (Phi) is 6.67. The molecule has 1 fully saturated rings. The maximum atomic E-state index is 13.1. The average Bonchev–Trinajstić information content (AvgIpc) is 3.27. The summed E-state index contributed by atoms with van der Waals surface area (Å²) in [5.74, 6) is -0.275. The molecule has 29 heavy (non-hydrogen) atoms. The zero-order chi connectivity index (χ0) is 20.6. The minimum Gasteiger partial charge on any atom is -0.465 e. The predicted molar refractivity (Wildman–Crippen MR) is 106 cm³/mol. The first-order chi connectivity index (χ1) is 14.1. The van der Waals surface area contributed by atoms with Gasteiger partial charge in [0.05, 0.1) is 12.9 Å². The molecule has 8 heteroatoms. The molecule has 2 aromatic rings. The number of hydrogen-bond acceptors (Lipinski definition) is 5. The highest BCUT2D eigenvalue weighted by molar-refractivity contribution is 6.05. The van der Waals surface area contributed by atoms with Gasteiger partial charge in [-0.15, -0.1) is 0 Å². The van der Waals surface area contributed by atoms with Crippen LogP contribution >= 0.6 is 0 Å². The summed E-state index contributed by atoms with van der Waals surface area (Å²) in [5.41, 5.74) is 0.552. The highest BCUT2D eigenvalue weighted by atomic mass is 16.6. The Morgan fingerprint density at radius 3 is 2.34 bits per heavy atom. The lowest BCUT2D eigenvalue weighted by Crippen LogP contribution is -2.52. The van der Waals surface area contributed by atoms with Gasteiger partial charge in [0.25, 0.3) is 11.8 Å². The SMILES string of the molecule is CCOC(=O)N1CCN(C(=O)C(=Cc2ccco2)NC(=O)c2ccccc2)CC1. The highest BCUT2D eigenvalue weighted by Gasteiger charge is 2.27. The summed E-state index contributed by atoms with van der Waals surface area (Å²) in [7, 11) is 0. The summed E-state index contributed by atoms with van der Waals surface area (Å²) in [6.45, 7) is 3.47. The molecule has 0 spiro atoms. The van der Waals surface area contributed by atoms with Crippen LogP contribution in [-0.2, 0) is 9.53 Å². The van der Waals surface area contributed by atoms with E-state index in [9.17, 15) is 14.4 Å². The smallest absolute Gasteiger partial charge is 0.409 e. The van der Waals surface area contributed by atoms with Gasteiger partial charge in [-0.05, 0) is 31.2 Å². The lowest BCUT2D eigenvalue weighted by Gasteiger charge is -2.34. The first kappa shape index (κ1) is 20.2. The van der Waals surface area contributed by atoms with Crippen molar-refractivity contribution in [2.45, 2.75) is 6.92 Å². The number of furan rings is 1. The fourth-order valence-corrected chi connectivity index (χ4v) is 2.93. The molecule has 1 aromatic carbocycles. The summed E-state index contributed by atoms with van der Waals surface area (Å²) < 4.78 is 10.3. The maximum absolute atomic E-state index is 13.1. The van der Waals surface area contributed by atoms with E-state index in [1.54, 1.807) is 53.1 Å². The van der Waals surface area contributed by atoms with Gasteiger partial charge in [-0.25, -0.2) is 4.79 Å². The van der Waals surface area contributed by atoms with Crippen LogP contribution in [0.3, 0.4) is 0 Å². The van der Waals surface area contributed by atoms with E-state index in [0.29, 0.717) is 44.1 Å². The molecule has 1 saturated heterocycles. The van der Waals surface area contributed by atoms with Gasteiger partial charge in [-0.1, -0.05) is 18.2 Å². The molecule has 8 nitrogen and oxygen atoms in total. The first-order valence-corrected chi connectivity index (χ1v) is 9.41. The standard InChI is InChI=1S/C21H23N3O5/c1-2-28-21(27)24-12-10-23(11-13-24)20(26)18(15-17-9-6-14-29-17)22-19(25)16-7-4-3-5-8-16/h3-9,14-15H,2,10-13H2,1H3,(H,22,25). The number of nitrogens with zero attached hydrogens (tertiary/aromatic N) is 2. The molecule has 2 heterocycles. The molecule has 0 bridgehead atoms. The zero-order valence-corrected chi connectivity index (χ0v) is 16.2. The van der Waals surface area contributed by atoms with E-state index in [4.69, 9.17) is 9.15 Å². The fraction of sp³-hybridized carbons (Fsp3) is 0.286. The Bertz CT molecular complexity index is 869. The topological polar surface area (TPSA) is 92.1 Å². The molecule has 0 radical (unpaired) electrons. The summed E-state index contributed by atoms with van der Waals surface area (Å²) >= 11 is 0. The molecule has 1 aliphatic rings. The van der Waals surface area contributed by atoms with Crippen molar-refractivity contribution in [3.05, 3.63) is 65.7 Å². The van der Waals surface area contributed by atoms with Gasteiger partial charge in [0.2, 0.25) is 0 Å². The summed E-state index contributed by atoms with van der Waals surface area (Å²) in [5, 5.41) is 2.69. The Balaban J connectivity index is 1.72. The van der Waals surface area contributed by atoms with Crippen LogP contribution in [-0.4, -0.2) is 60.5 Å². The number of carbonyl (C=O) groups is 3. The van der Waals surface area contributed by atoms with Crippen molar-refractivity contribution in [3.8, 4) is 0 Å². The number of piperazine rings is 1. The largest absolute Gasteiger partial charge is 0.465 e. The second kappa shape index (κ2) is 9.59. The predicted octanol–water partition coefficient (Wildman–Crippen LogP) is 2.35. The Morgan fingerprint density at radius 2 is 1.72 bits per heavy atom. The minimum absolute atomic E-state index is 0.110. The third kappa shape index (κ3) is 5.25. The lowest BCUT2D eigenvalue weighted by atomic mass is 10.2. The van der Waals surface area contributed by atoms with Gasteiger partial charge < -0.3 is 24.3 Å². The number of nitrogens with one attached hydrogen (secondary N) is 1. The second-order valence-electron chi connectivity index (χ2n) is 6.37. The van der Waals surface area contributed by atoms with Crippen LogP contribution in [0.25, 0.3) is 6.08 Å². The van der Waals surface area contributed by atoms with Crippen LogP contribution < -0.4 is 5.32 Å². The van der Waals surface area contributed by atoms with Crippen LogP contribution in [0.4, 0.5) is 4.79 Å². The molecule has 0 atom stereocenters. The van der Waals surface area contributed by atoms with Crippen molar-refractivity contribution in [3.63, 3.8) is 0 Å². The zero-order valence-electron chi connectivity index (χ0n) is 16.2. The van der Waals surface area contributed by atoms with E-state index in [1.807, 2.05) is 6.07 Å². The summed E-state index contributed by atoms with van der Waals surface area (Å²) in [4.78, 5) is 40.6. The van der Waals surface area contributed by atoms with Crippen LogP contribution in [0.15, 0.2) is 58.8 Å². The van der Waals surface area contributed by atoms with Gasteiger partial charge in [0, 0.05) is 37.8 Å². The van der Waals surface area contributed by atoms with Crippen LogP contribution in [0.5, 0.6) is 0 Å². The molecule has 3 amide bonds. The second-order valence-corrected chi connectivity index (χ2v) is 6.37. The first-order valence-electron chi connectivity index (χ1n) is 9.41. The Morgan fingerprint density at radius 1 is 1.03 bits per heavy atom.